The largest absolute Gasteiger partial charge is 0.463 e. The number of carbonyl (C=O) groups is 2. The Morgan fingerprint density at radius 2 is 1.73 bits per heavy atom. The van der Waals surface area contributed by atoms with Gasteiger partial charge in [0.25, 0.3) is 0 Å². The van der Waals surface area contributed by atoms with Crippen molar-refractivity contribution in [1.29, 1.82) is 0 Å². The van der Waals surface area contributed by atoms with Crippen molar-refractivity contribution in [2.45, 2.75) is 64.6 Å². The van der Waals surface area contributed by atoms with Crippen LogP contribution in [-0.4, -0.2) is 18.0 Å². The van der Waals surface area contributed by atoms with Crippen LogP contribution in [0.2, 0.25) is 0 Å². The van der Waals surface area contributed by atoms with Crippen molar-refractivity contribution in [1.82, 2.24) is 0 Å². The topological polar surface area (TPSA) is 52.6 Å². The maximum atomic E-state index is 12.0. The quantitative estimate of drug-likeness (QED) is 0.774. The number of rotatable bonds is 5. The van der Waals surface area contributed by atoms with Crippen LogP contribution in [0.3, 0.4) is 0 Å². The van der Waals surface area contributed by atoms with E-state index in [0.717, 1.165) is 18.4 Å². The fourth-order valence-electron chi connectivity index (χ4n) is 2.83. The maximum absolute atomic E-state index is 12.0. The predicted octanol–water partition coefficient (Wildman–Crippen LogP) is 3.90. The molecule has 0 amide bonds. The second kappa shape index (κ2) is 7.43. The zero-order valence-electron chi connectivity index (χ0n) is 13.5. The Morgan fingerprint density at radius 1 is 1.09 bits per heavy atom. The van der Waals surface area contributed by atoms with Gasteiger partial charge in [-0.05, 0) is 43.7 Å². The van der Waals surface area contributed by atoms with Gasteiger partial charge in [0.15, 0.2) is 0 Å². The molecule has 1 aliphatic carbocycles. The molecule has 4 heteroatoms. The van der Waals surface area contributed by atoms with E-state index in [0.29, 0.717) is 5.92 Å². The van der Waals surface area contributed by atoms with Gasteiger partial charge in [0.05, 0.1) is 18.9 Å². The smallest absolute Gasteiger partial charge is 0.306 e. The van der Waals surface area contributed by atoms with Gasteiger partial charge >= 0.3 is 11.9 Å². The molecule has 0 spiro atoms. The number of esters is 2. The molecule has 120 valence electrons. The van der Waals surface area contributed by atoms with Crippen molar-refractivity contribution in [3.8, 4) is 0 Å². The molecular weight excluding hydrogens is 280 g/mol. The van der Waals surface area contributed by atoms with Crippen LogP contribution in [0.25, 0.3) is 0 Å². The van der Waals surface area contributed by atoms with Crippen LogP contribution in [0.5, 0.6) is 0 Å². The number of carbonyl (C=O) groups excluding carboxylic acids is 2. The molecule has 0 bridgehead atoms. The minimum Gasteiger partial charge on any atom is -0.463 e. The summed E-state index contributed by atoms with van der Waals surface area (Å²) in [6.07, 6.45) is 1.63. The number of benzene rings is 1. The molecule has 0 fully saturated rings. The zero-order valence-corrected chi connectivity index (χ0v) is 13.5. The van der Waals surface area contributed by atoms with Gasteiger partial charge in [0.1, 0.15) is 6.10 Å². The van der Waals surface area contributed by atoms with E-state index in [9.17, 15) is 9.59 Å². The number of hydrogen-bond acceptors (Lipinski definition) is 4. The summed E-state index contributed by atoms with van der Waals surface area (Å²) >= 11 is 0. The van der Waals surface area contributed by atoms with Crippen molar-refractivity contribution < 1.29 is 19.1 Å². The van der Waals surface area contributed by atoms with Crippen LogP contribution < -0.4 is 0 Å². The summed E-state index contributed by atoms with van der Waals surface area (Å²) in [5, 5.41) is 0. The van der Waals surface area contributed by atoms with Gasteiger partial charge in [-0.3, -0.25) is 9.59 Å². The number of fused-ring (bicyclic) bond motifs is 1. The third-order valence-electron chi connectivity index (χ3n) is 3.91. The number of hydrogen-bond donors (Lipinski definition) is 0. The highest BCUT2D eigenvalue weighted by molar-refractivity contribution is 5.77. The first-order valence-corrected chi connectivity index (χ1v) is 7.95. The fraction of sp³-hybridized carbons (Fsp3) is 0.556. The van der Waals surface area contributed by atoms with E-state index in [4.69, 9.17) is 9.47 Å². The summed E-state index contributed by atoms with van der Waals surface area (Å²) in [4.78, 5) is 23.4. The maximum Gasteiger partial charge on any atom is 0.306 e. The second-order valence-corrected chi connectivity index (χ2v) is 6.12. The highest BCUT2D eigenvalue weighted by Gasteiger charge is 2.27. The van der Waals surface area contributed by atoms with Gasteiger partial charge in [-0.1, -0.05) is 31.2 Å². The zero-order chi connectivity index (χ0) is 16.1. The Hall–Kier alpha value is -1.84. The molecule has 1 aromatic carbocycles. The molecule has 0 aliphatic heterocycles. The average Bonchev–Trinajstić information content (AvgIpc) is 2.48. The van der Waals surface area contributed by atoms with Crippen LogP contribution in [-0.2, 0) is 19.1 Å². The van der Waals surface area contributed by atoms with Crippen molar-refractivity contribution in [3.05, 3.63) is 35.4 Å². The lowest BCUT2D eigenvalue weighted by Gasteiger charge is -2.29. The molecule has 0 heterocycles. The second-order valence-electron chi connectivity index (χ2n) is 6.12. The summed E-state index contributed by atoms with van der Waals surface area (Å²) in [7, 11) is 0. The minimum atomic E-state index is -0.357. The summed E-state index contributed by atoms with van der Waals surface area (Å²) in [5.41, 5.74) is 2.35. The Labute approximate surface area is 131 Å². The molecule has 22 heavy (non-hydrogen) atoms. The first kappa shape index (κ1) is 16.5. The van der Waals surface area contributed by atoms with Crippen LogP contribution in [0.4, 0.5) is 0 Å². The third-order valence-corrected chi connectivity index (χ3v) is 3.91. The van der Waals surface area contributed by atoms with E-state index in [2.05, 4.69) is 13.0 Å². The summed E-state index contributed by atoms with van der Waals surface area (Å²) in [6, 6.07) is 8.11. The lowest BCUT2D eigenvalue weighted by molar-refractivity contribution is -0.156. The highest BCUT2D eigenvalue weighted by atomic mass is 16.5. The van der Waals surface area contributed by atoms with Crippen LogP contribution in [0.1, 0.15) is 69.6 Å². The van der Waals surface area contributed by atoms with Gasteiger partial charge < -0.3 is 9.47 Å². The minimum absolute atomic E-state index is 0.0692. The Bertz CT molecular complexity index is 536. The first-order chi connectivity index (χ1) is 10.5. The average molecular weight is 304 g/mol. The molecular formula is C18H24O4. The predicted molar refractivity (Wildman–Crippen MR) is 83.4 cm³/mol. The lowest BCUT2D eigenvalue weighted by Crippen LogP contribution is -2.19. The molecule has 0 aromatic heterocycles. The molecule has 4 nitrogen and oxygen atoms in total. The lowest BCUT2D eigenvalue weighted by atomic mass is 9.82. The van der Waals surface area contributed by atoms with Crippen LogP contribution in [0.15, 0.2) is 24.3 Å². The van der Waals surface area contributed by atoms with Crippen molar-refractivity contribution in [2.75, 3.05) is 0 Å². The monoisotopic (exact) mass is 304 g/mol. The van der Waals surface area contributed by atoms with E-state index >= 15 is 0 Å². The summed E-state index contributed by atoms with van der Waals surface area (Å²) in [5.74, 6) is -0.202. The Kier molecular flexibility index (Phi) is 5.58. The molecule has 1 aromatic rings. The molecule has 1 aliphatic rings. The highest BCUT2D eigenvalue weighted by Crippen LogP contribution is 2.39. The standard InChI is InChI=1S/C18H24O4/c1-12(2)21-17(19)10-11-18(20)22-16-9-8-13(3)14-6-4-5-7-15(14)16/h4-7,12-13,16H,8-11H2,1-3H3. The van der Waals surface area contributed by atoms with Crippen molar-refractivity contribution >= 4 is 11.9 Å². The van der Waals surface area contributed by atoms with Crippen molar-refractivity contribution in [2.24, 2.45) is 0 Å². The molecule has 2 rings (SSSR count). The van der Waals surface area contributed by atoms with Gasteiger partial charge in [0, 0.05) is 0 Å². The molecule has 0 N–H and O–H groups in total. The van der Waals surface area contributed by atoms with Gasteiger partial charge in [0.2, 0.25) is 0 Å². The first-order valence-electron chi connectivity index (χ1n) is 7.95. The molecule has 2 unspecified atom stereocenters. The van der Waals surface area contributed by atoms with E-state index in [1.165, 1.54) is 5.56 Å². The summed E-state index contributed by atoms with van der Waals surface area (Å²) in [6.45, 7) is 5.77. The van der Waals surface area contributed by atoms with Crippen LogP contribution in [0, 0.1) is 0 Å². The SMILES string of the molecule is CC(C)OC(=O)CCC(=O)OC1CCC(C)c2ccccc21. The molecule has 0 radical (unpaired) electrons. The van der Waals surface area contributed by atoms with E-state index in [-0.39, 0.29) is 37.0 Å². The Balaban J connectivity index is 1.90. The van der Waals surface area contributed by atoms with E-state index in [1.54, 1.807) is 13.8 Å². The van der Waals surface area contributed by atoms with Gasteiger partial charge in [-0.25, -0.2) is 0 Å². The summed E-state index contributed by atoms with van der Waals surface area (Å²) < 4.78 is 10.6. The van der Waals surface area contributed by atoms with E-state index in [1.807, 2.05) is 18.2 Å². The van der Waals surface area contributed by atoms with Gasteiger partial charge in [-0.15, -0.1) is 0 Å². The fourth-order valence-corrected chi connectivity index (χ4v) is 2.83. The molecule has 0 saturated heterocycles. The van der Waals surface area contributed by atoms with Gasteiger partial charge in [-0.2, -0.15) is 0 Å². The van der Waals surface area contributed by atoms with Crippen molar-refractivity contribution in [3.63, 3.8) is 0 Å². The molecule has 2 atom stereocenters. The van der Waals surface area contributed by atoms with Crippen LogP contribution >= 0.6 is 0 Å². The normalized spacial score (nSPS) is 20.4. The Morgan fingerprint density at radius 3 is 2.41 bits per heavy atom. The molecule has 0 saturated carbocycles. The third kappa shape index (κ3) is 4.33. The van der Waals surface area contributed by atoms with E-state index < -0.39 is 0 Å². The number of ether oxygens (including phenoxy) is 2.